The molecule has 2 aromatic carbocycles. The molecule has 2 aromatic rings. The van der Waals surface area contributed by atoms with Crippen LogP contribution in [0.4, 0.5) is 0 Å². The second kappa shape index (κ2) is 9.19. The summed E-state index contributed by atoms with van der Waals surface area (Å²) in [6.07, 6.45) is 3.39. The minimum Gasteiger partial charge on any atom is -0.311 e. The van der Waals surface area contributed by atoms with Gasteiger partial charge in [-0.1, -0.05) is 75.7 Å². The Kier molecular flexibility index (Phi) is 6.92. The highest BCUT2D eigenvalue weighted by molar-refractivity contribution is 7.65. The van der Waals surface area contributed by atoms with Gasteiger partial charge < -0.3 is 4.52 Å². The van der Waals surface area contributed by atoms with Crippen molar-refractivity contribution >= 4 is 12.8 Å². The lowest BCUT2D eigenvalue weighted by molar-refractivity contribution is 0.0483. The fourth-order valence-electron chi connectivity index (χ4n) is 4.03. The Balaban J connectivity index is 1.84. The molecule has 4 unspecified atom stereocenters. The molecule has 0 aliphatic heterocycles. The van der Waals surface area contributed by atoms with Crippen molar-refractivity contribution in [3.63, 3.8) is 0 Å². The van der Waals surface area contributed by atoms with Gasteiger partial charge in [0, 0.05) is 6.54 Å². The average Bonchev–Trinajstić information content (AvgIpc) is 2.68. The van der Waals surface area contributed by atoms with Crippen molar-refractivity contribution in [2.75, 3.05) is 0 Å². The van der Waals surface area contributed by atoms with Crippen molar-refractivity contribution in [2.45, 2.75) is 52.7 Å². The molecule has 3 nitrogen and oxygen atoms in total. The first-order valence-electron chi connectivity index (χ1n) is 10.1. The first kappa shape index (κ1) is 20.3. The zero-order valence-electron chi connectivity index (χ0n) is 16.7. The molecule has 0 amide bonds. The molecule has 1 aliphatic carbocycles. The summed E-state index contributed by atoms with van der Waals surface area (Å²) in [5, 5.41) is 4.04. The lowest BCUT2D eigenvalue weighted by atomic mass is 9.75. The molecule has 146 valence electrons. The second-order valence-electron chi connectivity index (χ2n) is 8.18. The fourth-order valence-corrected chi connectivity index (χ4v) is 5.99. The molecule has 0 heterocycles. The smallest absolute Gasteiger partial charge is 0.300 e. The van der Waals surface area contributed by atoms with Crippen LogP contribution in [0.5, 0.6) is 0 Å². The van der Waals surface area contributed by atoms with E-state index in [0.29, 0.717) is 24.3 Å². The van der Waals surface area contributed by atoms with Gasteiger partial charge in [-0.05, 0) is 48.3 Å². The van der Waals surface area contributed by atoms with E-state index in [9.17, 15) is 4.57 Å². The molecule has 0 radical (unpaired) electrons. The highest BCUT2D eigenvalue weighted by Gasteiger charge is 2.37. The summed E-state index contributed by atoms with van der Waals surface area (Å²) in [5.74, 6) is 1.60. The molecule has 1 fully saturated rings. The lowest BCUT2D eigenvalue weighted by Gasteiger charge is -2.39. The van der Waals surface area contributed by atoms with E-state index >= 15 is 0 Å². The van der Waals surface area contributed by atoms with Gasteiger partial charge in [0.15, 0.2) is 0 Å². The Labute approximate surface area is 164 Å². The maximum atomic E-state index is 14.0. The third-order valence-electron chi connectivity index (χ3n) is 5.68. The van der Waals surface area contributed by atoms with Gasteiger partial charge in [-0.25, -0.2) is 5.09 Å². The van der Waals surface area contributed by atoms with Crippen LogP contribution < -0.4 is 10.4 Å². The van der Waals surface area contributed by atoms with Gasteiger partial charge in [-0.2, -0.15) is 0 Å². The number of benzene rings is 2. The predicted octanol–water partition coefficient (Wildman–Crippen LogP) is 5.77. The molecular formula is C23H32NO2P. The van der Waals surface area contributed by atoms with Crippen molar-refractivity contribution in [1.29, 1.82) is 0 Å². The van der Waals surface area contributed by atoms with Gasteiger partial charge in [0.05, 0.1) is 11.4 Å². The van der Waals surface area contributed by atoms with Gasteiger partial charge in [0.25, 0.3) is 7.52 Å². The third kappa shape index (κ3) is 5.31. The van der Waals surface area contributed by atoms with Gasteiger partial charge in [0.2, 0.25) is 0 Å². The molecule has 0 aromatic heterocycles. The van der Waals surface area contributed by atoms with E-state index in [2.05, 4.69) is 25.9 Å². The molecule has 1 aliphatic rings. The molecule has 0 saturated heterocycles. The van der Waals surface area contributed by atoms with Crippen LogP contribution in [0.2, 0.25) is 0 Å². The summed E-state index contributed by atoms with van der Waals surface area (Å²) >= 11 is 0. The van der Waals surface area contributed by atoms with Crippen molar-refractivity contribution in [3.8, 4) is 0 Å². The van der Waals surface area contributed by atoms with E-state index in [1.54, 1.807) is 0 Å². The van der Waals surface area contributed by atoms with Crippen LogP contribution in [-0.2, 0) is 15.6 Å². The molecule has 1 N–H and O–H groups in total. The van der Waals surface area contributed by atoms with Crippen LogP contribution in [-0.4, -0.2) is 6.10 Å². The minimum atomic E-state index is -3.16. The molecule has 0 bridgehead atoms. The van der Waals surface area contributed by atoms with E-state index in [0.717, 1.165) is 23.7 Å². The molecular weight excluding hydrogens is 353 g/mol. The Bertz CT molecular complexity index is 747. The summed E-state index contributed by atoms with van der Waals surface area (Å²) in [4.78, 5) is 0. The van der Waals surface area contributed by atoms with Crippen molar-refractivity contribution in [2.24, 2.45) is 17.8 Å². The van der Waals surface area contributed by atoms with Crippen LogP contribution in [0.3, 0.4) is 0 Å². The van der Waals surface area contributed by atoms with Crippen LogP contribution in [0.25, 0.3) is 0 Å². The first-order chi connectivity index (χ1) is 13.0. The van der Waals surface area contributed by atoms with E-state index in [1.807, 2.05) is 60.7 Å². The van der Waals surface area contributed by atoms with Gasteiger partial charge in [-0.15, -0.1) is 0 Å². The zero-order valence-corrected chi connectivity index (χ0v) is 17.6. The molecule has 3 rings (SSSR count). The lowest BCUT2D eigenvalue weighted by Crippen LogP contribution is -2.36. The summed E-state index contributed by atoms with van der Waals surface area (Å²) in [6, 6.07) is 19.7. The van der Waals surface area contributed by atoms with Gasteiger partial charge in [0.1, 0.15) is 0 Å². The summed E-state index contributed by atoms with van der Waals surface area (Å²) < 4.78 is 20.5. The second-order valence-corrected chi connectivity index (χ2v) is 10.3. The van der Waals surface area contributed by atoms with Crippen LogP contribution in [0.15, 0.2) is 60.7 Å². The molecule has 27 heavy (non-hydrogen) atoms. The van der Waals surface area contributed by atoms with E-state index in [4.69, 9.17) is 4.52 Å². The standard InChI is InChI=1S/C23H32NO2P/c1-18(2)22-15-14-19(3)16-23(22)26-27(25,21-12-8-5-9-13-21)24-17-20-10-6-4-7-11-20/h4-13,18-19,22-23H,14-17H2,1-3H3,(H,24,25). The SMILES string of the molecule is CC1CCC(C(C)C)C(OP(=O)(NCc2ccccc2)c2ccccc2)C1. The number of nitrogens with one attached hydrogen (secondary N) is 1. The predicted molar refractivity (Wildman–Crippen MR) is 113 cm³/mol. The number of hydrogen-bond acceptors (Lipinski definition) is 2. The van der Waals surface area contributed by atoms with Crippen LogP contribution in [0.1, 0.15) is 45.6 Å². The average molecular weight is 385 g/mol. The number of hydrogen-bond donors (Lipinski definition) is 1. The largest absolute Gasteiger partial charge is 0.311 e. The fraction of sp³-hybridized carbons (Fsp3) is 0.478. The third-order valence-corrected chi connectivity index (χ3v) is 7.80. The summed E-state index contributed by atoms with van der Waals surface area (Å²) in [7, 11) is -3.16. The highest BCUT2D eigenvalue weighted by atomic mass is 31.2. The van der Waals surface area contributed by atoms with E-state index in [1.165, 1.54) is 6.42 Å². The Morgan fingerprint density at radius 2 is 1.67 bits per heavy atom. The van der Waals surface area contributed by atoms with Crippen molar-refractivity contribution < 1.29 is 9.09 Å². The normalized spacial score (nSPS) is 25.3. The molecule has 4 atom stereocenters. The van der Waals surface area contributed by atoms with E-state index in [-0.39, 0.29) is 6.10 Å². The first-order valence-corrected chi connectivity index (χ1v) is 11.7. The van der Waals surface area contributed by atoms with E-state index < -0.39 is 7.52 Å². The summed E-state index contributed by atoms with van der Waals surface area (Å²) in [5.41, 5.74) is 1.11. The maximum absolute atomic E-state index is 14.0. The van der Waals surface area contributed by atoms with Crippen LogP contribution in [0, 0.1) is 17.8 Å². The monoisotopic (exact) mass is 385 g/mol. The van der Waals surface area contributed by atoms with Gasteiger partial charge >= 0.3 is 0 Å². The van der Waals surface area contributed by atoms with Crippen LogP contribution >= 0.6 is 7.52 Å². The Morgan fingerprint density at radius 1 is 1.04 bits per heavy atom. The van der Waals surface area contributed by atoms with Gasteiger partial charge in [-0.3, -0.25) is 4.57 Å². The van der Waals surface area contributed by atoms with Crippen molar-refractivity contribution in [3.05, 3.63) is 66.2 Å². The Hall–Kier alpha value is -1.41. The molecule has 0 spiro atoms. The Morgan fingerprint density at radius 3 is 2.30 bits per heavy atom. The maximum Gasteiger partial charge on any atom is 0.300 e. The molecule has 4 heteroatoms. The zero-order chi connectivity index (χ0) is 19.3. The summed E-state index contributed by atoms with van der Waals surface area (Å²) in [6.45, 7) is 7.31. The topological polar surface area (TPSA) is 38.3 Å². The number of rotatable bonds is 7. The highest BCUT2D eigenvalue weighted by Crippen LogP contribution is 2.48. The molecule has 1 saturated carbocycles. The quantitative estimate of drug-likeness (QED) is 0.615. The minimum absolute atomic E-state index is 0.0306. The van der Waals surface area contributed by atoms with Crippen molar-refractivity contribution in [1.82, 2.24) is 5.09 Å².